The van der Waals surface area contributed by atoms with E-state index in [1.165, 1.54) is 29.2 Å². The van der Waals surface area contributed by atoms with Gasteiger partial charge in [-0.3, -0.25) is 14.5 Å². The lowest BCUT2D eigenvalue weighted by atomic mass is 9.95. The number of hydrogen-bond donors (Lipinski definition) is 1. The monoisotopic (exact) mass is 496 g/mol. The summed E-state index contributed by atoms with van der Waals surface area (Å²) >= 11 is 0. The van der Waals surface area contributed by atoms with Gasteiger partial charge in [0.2, 0.25) is 0 Å². The minimum Gasteiger partial charge on any atom is -0.507 e. The average Bonchev–Trinajstić information content (AvgIpc) is 3.16. The van der Waals surface area contributed by atoms with Crippen molar-refractivity contribution < 1.29 is 28.6 Å². The summed E-state index contributed by atoms with van der Waals surface area (Å²) in [6, 6.07) is 11.8. The number of ether oxygens (including phenoxy) is 2. The van der Waals surface area contributed by atoms with E-state index >= 15 is 0 Å². The van der Waals surface area contributed by atoms with Crippen molar-refractivity contribution in [3.8, 4) is 5.75 Å². The van der Waals surface area contributed by atoms with Gasteiger partial charge in [-0.2, -0.15) is 0 Å². The van der Waals surface area contributed by atoms with E-state index in [1.807, 2.05) is 24.3 Å². The maximum Gasteiger partial charge on any atom is 0.295 e. The number of aliphatic hydroxyl groups excluding tert-OH is 1. The van der Waals surface area contributed by atoms with Gasteiger partial charge in [-0.15, -0.1) is 0 Å². The van der Waals surface area contributed by atoms with Gasteiger partial charge < -0.3 is 19.5 Å². The zero-order chi connectivity index (χ0) is 25.5. The molecule has 0 aromatic heterocycles. The predicted molar refractivity (Wildman–Crippen MR) is 134 cm³/mol. The highest BCUT2D eigenvalue weighted by molar-refractivity contribution is 6.46. The molecule has 0 aliphatic carbocycles. The molecule has 8 heteroatoms. The highest BCUT2D eigenvalue weighted by Gasteiger charge is 2.46. The number of rotatable bonds is 10. The summed E-state index contributed by atoms with van der Waals surface area (Å²) in [5.41, 5.74) is 0.948. The third-order valence-corrected chi connectivity index (χ3v) is 6.61. The van der Waals surface area contributed by atoms with Crippen molar-refractivity contribution in [2.24, 2.45) is 0 Å². The Morgan fingerprint density at radius 3 is 2.56 bits per heavy atom. The second-order valence-corrected chi connectivity index (χ2v) is 9.08. The molecule has 36 heavy (non-hydrogen) atoms. The molecule has 0 radical (unpaired) electrons. The number of benzene rings is 2. The Labute approximate surface area is 211 Å². The Hall–Kier alpha value is -3.23. The third-order valence-electron chi connectivity index (χ3n) is 6.61. The van der Waals surface area contributed by atoms with Gasteiger partial charge in [0.15, 0.2) is 0 Å². The summed E-state index contributed by atoms with van der Waals surface area (Å²) < 4.78 is 24.8. The Balaban J connectivity index is 1.68. The SMILES string of the molecule is CCCCCOc1cccc(C2/C(=C(\O)c3ccc(F)cc3)C(=O)C(=O)N2CCN2CCOCC2)c1. The molecular formula is C28H33FN2O5. The Morgan fingerprint density at radius 1 is 1.08 bits per heavy atom. The number of amides is 1. The van der Waals surface area contributed by atoms with Gasteiger partial charge in [0.25, 0.3) is 11.7 Å². The molecule has 1 amide bonds. The van der Waals surface area contributed by atoms with E-state index in [1.54, 1.807) is 0 Å². The van der Waals surface area contributed by atoms with E-state index in [4.69, 9.17) is 9.47 Å². The van der Waals surface area contributed by atoms with E-state index in [2.05, 4.69) is 11.8 Å². The molecule has 2 aromatic carbocycles. The summed E-state index contributed by atoms with van der Waals surface area (Å²) in [5.74, 6) is -1.54. The molecule has 1 atom stereocenters. The van der Waals surface area contributed by atoms with Crippen LogP contribution in [0.25, 0.3) is 5.76 Å². The summed E-state index contributed by atoms with van der Waals surface area (Å²) in [7, 11) is 0. The lowest BCUT2D eigenvalue weighted by Crippen LogP contribution is -2.42. The number of morpholine rings is 1. The number of halogens is 1. The Morgan fingerprint density at radius 2 is 1.83 bits per heavy atom. The summed E-state index contributed by atoms with van der Waals surface area (Å²) in [5, 5.41) is 11.1. The summed E-state index contributed by atoms with van der Waals surface area (Å²) in [4.78, 5) is 30.1. The molecule has 2 aliphatic rings. The van der Waals surface area contributed by atoms with E-state index in [-0.39, 0.29) is 16.9 Å². The largest absolute Gasteiger partial charge is 0.507 e. The second-order valence-electron chi connectivity index (χ2n) is 9.08. The van der Waals surface area contributed by atoms with Crippen molar-refractivity contribution in [3.63, 3.8) is 0 Å². The van der Waals surface area contributed by atoms with Crippen LogP contribution in [0.3, 0.4) is 0 Å². The number of aliphatic hydroxyl groups is 1. The number of ketones is 1. The first-order valence-electron chi connectivity index (χ1n) is 12.6. The standard InChI is InChI=1S/C28H33FN2O5/c1-2-3-4-16-36-23-7-5-6-21(19-23)25-24(26(32)20-8-10-22(29)11-9-20)27(33)28(34)31(25)13-12-30-14-17-35-18-15-30/h5-11,19,25,32H,2-4,12-18H2,1H3/b26-24+. The maximum absolute atomic E-state index is 13.5. The van der Waals surface area contributed by atoms with Gasteiger partial charge in [-0.05, 0) is 48.4 Å². The number of hydrogen-bond acceptors (Lipinski definition) is 6. The summed E-state index contributed by atoms with van der Waals surface area (Å²) in [6.07, 6.45) is 3.09. The first-order valence-corrected chi connectivity index (χ1v) is 12.6. The van der Waals surface area contributed by atoms with Gasteiger partial charge >= 0.3 is 0 Å². The lowest BCUT2D eigenvalue weighted by molar-refractivity contribution is -0.140. The second kappa shape index (κ2) is 12.1. The van der Waals surface area contributed by atoms with Crippen LogP contribution < -0.4 is 4.74 Å². The molecule has 2 fully saturated rings. The van der Waals surface area contributed by atoms with Crippen molar-refractivity contribution in [3.05, 3.63) is 71.0 Å². The van der Waals surface area contributed by atoms with Crippen molar-refractivity contribution in [2.75, 3.05) is 46.0 Å². The van der Waals surface area contributed by atoms with Crippen molar-refractivity contribution >= 4 is 17.4 Å². The van der Waals surface area contributed by atoms with E-state index in [0.717, 1.165) is 32.4 Å². The molecule has 1 unspecified atom stereocenters. The van der Waals surface area contributed by atoms with Crippen LogP contribution in [0.5, 0.6) is 5.75 Å². The van der Waals surface area contributed by atoms with Crippen LogP contribution in [0.15, 0.2) is 54.1 Å². The minimum absolute atomic E-state index is 0.00304. The van der Waals surface area contributed by atoms with E-state index < -0.39 is 23.5 Å². The first-order chi connectivity index (χ1) is 17.5. The van der Waals surface area contributed by atoms with Gasteiger partial charge in [0.05, 0.1) is 31.4 Å². The van der Waals surface area contributed by atoms with E-state index in [9.17, 15) is 19.1 Å². The molecule has 192 valence electrons. The maximum atomic E-state index is 13.5. The molecule has 2 aromatic rings. The van der Waals surface area contributed by atoms with Crippen molar-refractivity contribution in [1.29, 1.82) is 0 Å². The van der Waals surface area contributed by atoms with Crippen LogP contribution in [-0.4, -0.2) is 72.6 Å². The lowest BCUT2D eigenvalue weighted by Gasteiger charge is -2.31. The molecule has 2 heterocycles. The van der Waals surface area contributed by atoms with Crippen LogP contribution in [0.4, 0.5) is 4.39 Å². The number of likely N-dealkylation sites (tertiary alicyclic amines) is 1. The van der Waals surface area contributed by atoms with Crippen LogP contribution in [0, 0.1) is 5.82 Å². The molecule has 2 aliphatic heterocycles. The molecule has 4 rings (SSSR count). The Bertz CT molecular complexity index is 1100. The average molecular weight is 497 g/mol. The van der Waals surface area contributed by atoms with Crippen LogP contribution >= 0.6 is 0 Å². The topological polar surface area (TPSA) is 79.3 Å². The molecular weight excluding hydrogens is 463 g/mol. The smallest absolute Gasteiger partial charge is 0.295 e. The van der Waals surface area contributed by atoms with Gasteiger partial charge in [-0.25, -0.2) is 4.39 Å². The molecule has 7 nitrogen and oxygen atoms in total. The van der Waals surface area contributed by atoms with E-state index in [0.29, 0.717) is 44.2 Å². The molecule has 2 saturated heterocycles. The highest BCUT2D eigenvalue weighted by atomic mass is 19.1. The van der Waals surface area contributed by atoms with Gasteiger partial charge in [0.1, 0.15) is 17.3 Å². The van der Waals surface area contributed by atoms with Crippen molar-refractivity contribution in [2.45, 2.75) is 32.2 Å². The molecule has 0 saturated carbocycles. The quantitative estimate of drug-likeness (QED) is 0.230. The van der Waals surface area contributed by atoms with Crippen LogP contribution in [-0.2, 0) is 14.3 Å². The number of carbonyl (C=O) groups excluding carboxylic acids is 2. The number of Topliss-reactive ketones (excluding diaryl/α,β-unsaturated/α-hetero) is 1. The molecule has 0 spiro atoms. The fourth-order valence-electron chi connectivity index (χ4n) is 4.61. The number of nitrogens with zero attached hydrogens (tertiary/aromatic N) is 2. The Kier molecular flexibility index (Phi) is 8.72. The number of unbranched alkanes of at least 4 members (excludes halogenated alkanes) is 2. The predicted octanol–water partition coefficient (Wildman–Crippen LogP) is 4.15. The van der Waals surface area contributed by atoms with Crippen LogP contribution in [0.1, 0.15) is 43.4 Å². The zero-order valence-electron chi connectivity index (χ0n) is 20.6. The fraction of sp³-hybridized carbons (Fsp3) is 0.429. The highest BCUT2D eigenvalue weighted by Crippen LogP contribution is 2.40. The van der Waals surface area contributed by atoms with Crippen molar-refractivity contribution in [1.82, 2.24) is 9.80 Å². The summed E-state index contributed by atoms with van der Waals surface area (Å²) in [6.45, 7) is 6.37. The normalized spacial score (nSPS) is 20.2. The first kappa shape index (κ1) is 25.9. The zero-order valence-corrected chi connectivity index (χ0v) is 20.6. The third kappa shape index (κ3) is 5.94. The molecule has 1 N–H and O–H groups in total. The minimum atomic E-state index is -0.782. The van der Waals surface area contributed by atoms with Crippen LogP contribution in [0.2, 0.25) is 0 Å². The number of carbonyl (C=O) groups is 2. The molecule has 0 bridgehead atoms. The van der Waals surface area contributed by atoms with Gasteiger partial charge in [-0.1, -0.05) is 31.9 Å². The fourth-order valence-corrected chi connectivity index (χ4v) is 4.61. The van der Waals surface area contributed by atoms with Gasteiger partial charge in [0, 0.05) is 31.7 Å².